The Hall–Kier alpha value is -1.49. The van der Waals surface area contributed by atoms with Crippen LogP contribution in [0.25, 0.3) is 11.0 Å². The Morgan fingerprint density at radius 1 is 1.50 bits per heavy atom. The smallest absolute Gasteiger partial charge is 0.220 e. The molecule has 0 saturated carbocycles. The normalized spacial score (nSPS) is 10.8. The average Bonchev–Trinajstić information content (AvgIpc) is 2.72. The SMILES string of the molecule is Cc1ccc2c(CCNC(=O)CCS)c[nH]c2n1. The lowest BCUT2D eigenvalue weighted by molar-refractivity contribution is -0.120. The van der Waals surface area contributed by atoms with E-state index in [9.17, 15) is 4.79 Å². The molecule has 2 heterocycles. The van der Waals surface area contributed by atoms with Crippen LogP contribution in [0.4, 0.5) is 0 Å². The Balaban J connectivity index is 1.98. The summed E-state index contributed by atoms with van der Waals surface area (Å²) in [7, 11) is 0. The molecule has 0 saturated heterocycles. The molecule has 4 nitrogen and oxygen atoms in total. The molecule has 2 aromatic rings. The number of pyridine rings is 1. The Kier molecular flexibility index (Phi) is 4.25. The van der Waals surface area contributed by atoms with Crippen molar-refractivity contribution >= 4 is 29.6 Å². The summed E-state index contributed by atoms with van der Waals surface area (Å²) < 4.78 is 0. The largest absolute Gasteiger partial charge is 0.356 e. The summed E-state index contributed by atoms with van der Waals surface area (Å²) in [4.78, 5) is 18.9. The van der Waals surface area contributed by atoms with Gasteiger partial charge in [-0.3, -0.25) is 4.79 Å². The quantitative estimate of drug-likeness (QED) is 0.721. The molecule has 18 heavy (non-hydrogen) atoms. The van der Waals surface area contributed by atoms with Crippen molar-refractivity contribution in [1.82, 2.24) is 15.3 Å². The first kappa shape index (κ1) is 13.0. The molecule has 0 atom stereocenters. The van der Waals surface area contributed by atoms with Crippen molar-refractivity contribution in [1.29, 1.82) is 0 Å². The van der Waals surface area contributed by atoms with Crippen molar-refractivity contribution in [3.8, 4) is 0 Å². The van der Waals surface area contributed by atoms with Gasteiger partial charge in [-0.05, 0) is 36.8 Å². The Labute approximate surface area is 112 Å². The van der Waals surface area contributed by atoms with E-state index in [0.717, 1.165) is 23.1 Å². The summed E-state index contributed by atoms with van der Waals surface area (Å²) in [6, 6.07) is 4.07. The van der Waals surface area contributed by atoms with Crippen LogP contribution < -0.4 is 5.32 Å². The summed E-state index contributed by atoms with van der Waals surface area (Å²) in [5.41, 5.74) is 3.09. The van der Waals surface area contributed by atoms with E-state index in [4.69, 9.17) is 0 Å². The maximum atomic E-state index is 11.3. The molecule has 0 spiro atoms. The molecular formula is C13H17N3OS. The predicted molar refractivity (Wildman–Crippen MR) is 76.0 cm³/mol. The number of hydrogen-bond acceptors (Lipinski definition) is 3. The van der Waals surface area contributed by atoms with Gasteiger partial charge in [0.1, 0.15) is 5.65 Å². The van der Waals surface area contributed by atoms with Gasteiger partial charge >= 0.3 is 0 Å². The number of aryl methyl sites for hydroxylation is 1. The van der Waals surface area contributed by atoms with Crippen molar-refractivity contribution < 1.29 is 4.79 Å². The summed E-state index contributed by atoms with van der Waals surface area (Å²) in [5, 5.41) is 4.00. The van der Waals surface area contributed by atoms with Gasteiger partial charge in [-0.1, -0.05) is 0 Å². The average molecular weight is 263 g/mol. The Morgan fingerprint density at radius 3 is 3.11 bits per heavy atom. The number of hydrogen-bond donors (Lipinski definition) is 3. The number of carbonyl (C=O) groups is 1. The third kappa shape index (κ3) is 3.04. The first-order valence-electron chi connectivity index (χ1n) is 6.02. The highest BCUT2D eigenvalue weighted by Crippen LogP contribution is 2.16. The van der Waals surface area contributed by atoms with Crippen LogP contribution in [0.2, 0.25) is 0 Å². The first-order valence-corrected chi connectivity index (χ1v) is 6.65. The number of carbonyl (C=O) groups excluding carboxylic acids is 1. The number of nitrogens with one attached hydrogen (secondary N) is 2. The van der Waals surface area contributed by atoms with Gasteiger partial charge in [-0.2, -0.15) is 12.6 Å². The molecule has 0 radical (unpaired) electrons. The molecule has 0 unspecified atom stereocenters. The van der Waals surface area contributed by atoms with Gasteiger partial charge in [0, 0.05) is 30.2 Å². The van der Waals surface area contributed by atoms with Gasteiger partial charge in [0.25, 0.3) is 0 Å². The maximum Gasteiger partial charge on any atom is 0.220 e. The zero-order valence-electron chi connectivity index (χ0n) is 10.4. The minimum atomic E-state index is 0.0545. The second-order valence-electron chi connectivity index (χ2n) is 4.24. The third-order valence-corrected chi connectivity index (χ3v) is 3.04. The van der Waals surface area contributed by atoms with E-state index in [1.54, 1.807) is 0 Å². The van der Waals surface area contributed by atoms with Crippen molar-refractivity contribution in [2.45, 2.75) is 19.8 Å². The summed E-state index contributed by atoms with van der Waals surface area (Å²) in [6.07, 6.45) is 3.24. The number of H-pyrrole nitrogens is 1. The molecule has 0 aromatic carbocycles. The van der Waals surface area contributed by atoms with Gasteiger partial charge in [0.05, 0.1) is 0 Å². The molecule has 2 aromatic heterocycles. The molecule has 1 amide bonds. The number of fused-ring (bicyclic) bond motifs is 1. The van der Waals surface area contributed by atoms with Crippen molar-refractivity contribution in [3.05, 3.63) is 29.6 Å². The molecule has 2 N–H and O–H groups in total. The maximum absolute atomic E-state index is 11.3. The number of aromatic nitrogens is 2. The number of aromatic amines is 1. The van der Waals surface area contributed by atoms with Gasteiger partial charge in [0.2, 0.25) is 5.91 Å². The third-order valence-electron chi connectivity index (χ3n) is 2.82. The number of amides is 1. The molecule has 96 valence electrons. The van der Waals surface area contributed by atoms with E-state index in [-0.39, 0.29) is 5.91 Å². The number of rotatable bonds is 5. The van der Waals surface area contributed by atoms with Crippen molar-refractivity contribution in [3.63, 3.8) is 0 Å². The Morgan fingerprint density at radius 2 is 2.33 bits per heavy atom. The lowest BCUT2D eigenvalue weighted by Gasteiger charge is -2.03. The van der Waals surface area contributed by atoms with Crippen LogP contribution in [-0.4, -0.2) is 28.2 Å². The zero-order chi connectivity index (χ0) is 13.0. The van der Waals surface area contributed by atoms with Crippen LogP contribution in [0.1, 0.15) is 17.7 Å². The molecule has 5 heteroatoms. The minimum Gasteiger partial charge on any atom is -0.356 e. The number of nitrogens with zero attached hydrogens (tertiary/aromatic N) is 1. The summed E-state index contributed by atoms with van der Waals surface area (Å²) in [6.45, 7) is 2.62. The highest BCUT2D eigenvalue weighted by molar-refractivity contribution is 7.80. The summed E-state index contributed by atoms with van der Waals surface area (Å²) in [5.74, 6) is 0.640. The van der Waals surface area contributed by atoms with Gasteiger partial charge in [-0.25, -0.2) is 4.98 Å². The summed E-state index contributed by atoms with van der Waals surface area (Å²) >= 11 is 4.03. The first-order chi connectivity index (χ1) is 8.70. The fraction of sp³-hybridized carbons (Fsp3) is 0.385. The molecular weight excluding hydrogens is 246 g/mol. The van der Waals surface area contributed by atoms with Crippen LogP contribution in [-0.2, 0) is 11.2 Å². The zero-order valence-corrected chi connectivity index (χ0v) is 11.3. The van der Waals surface area contributed by atoms with E-state index >= 15 is 0 Å². The van der Waals surface area contributed by atoms with E-state index in [2.05, 4.69) is 34.0 Å². The van der Waals surface area contributed by atoms with E-state index in [0.29, 0.717) is 18.7 Å². The molecule has 0 aliphatic rings. The highest BCUT2D eigenvalue weighted by atomic mass is 32.1. The highest BCUT2D eigenvalue weighted by Gasteiger charge is 2.05. The lowest BCUT2D eigenvalue weighted by Crippen LogP contribution is -2.25. The van der Waals surface area contributed by atoms with Crippen molar-refractivity contribution in [2.24, 2.45) is 0 Å². The van der Waals surface area contributed by atoms with Crippen LogP contribution in [0.5, 0.6) is 0 Å². The van der Waals surface area contributed by atoms with Gasteiger partial charge in [0.15, 0.2) is 0 Å². The Bertz CT molecular complexity index is 550. The molecule has 0 fully saturated rings. The predicted octanol–water partition coefficient (Wildman–Crippen LogP) is 1.85. The van der Waals surface area contributed by atoms with E-state index in [1.807, 2.05) is 19.2 Å². The van der Waals surface area contributed by atoms with Crippen LogP contribution in [0.3, 0.4) is 0 Å². The van der Waals surface area contributed by atoms with Crippen LogP contribution in [0.15, 0.2) is 18.3 Å². The van der Waals surface area contributed by atoms with Crippen molar-refractivity contribution in [2.75, 3.05) is 12.3 Å². The second kappa shape index (κ2) is 5.91. The molecule has 0 bridgehead atoms. The molecule has 2 rings (SSSR count). The second-order valence-corrected chi connectivity index (χ2v) is 4.68. The fourth-order valence-corrected chi connectivity index (χ4v) is 2.10. The van der Waals surface area contributed by atoms with Gasteiger partial charge in [-0.15, -0.1) is 0 Å². The molecule has 0 aliphatic heterocycles. The van der Waals surface area contributed by atoms with Gasteiger partial charge < -0.3 is 10.3 Å². The minimum absolute atomic E-state index is 0.0545. The fourth-order valence-electron chi connectivity index (χ4n) is 1.89. The topological polar surface area (TPSA) is 57.8 Å². The standard InChI is InChI=1S/C13H17N3OS/c1-9-2-3-11-10(8-15-13(11)16-9)4-6-14-12(17)5-7-18/h2-3,8,18H,4-7H2,1H3,(H,14,17)(H,15,16). The monoisotopic (exact) mass is 263 g/mol. The van der Waals surface area contributed by atoms with E-state index in [1.165, 1.54) is 5.56 Å². The van der Waals surface area contributed by atoms with Crippen LogP contribution in [0, 0.1) is 6.92 Å². The van der Waals surface area contributed by atoms with E-state index < -0.39 is 0 Å². The lowest BCUT2D eigenvalue weighted by atomic mass is 10.1. The van der Waals surface area contributed by atoms with Crippen LogP contribution >= 0.6 is 12.6 Å². The molecule has 0 aliphatic carbocycles. The number of thiol groups is 1.